The van der Waals surface area contributed by atoms with Gasteiger partial charge in [-0.15, -0.1) is 0 Å². The number of hydrogen-bond acceptors (Lipinski definition) is 6. The molecule has 18 heavy (non-hydrogen) atoms. The number of imidazole rings is 1. The van der Waals surface area contributed by atoms with Crippen LogP contribution >= 0.6 is 12.6 Å². The highest BCUT2D eigenvalue weighted by atomic mass is 32.1. The average Bonchev–Trinajstić information content (AvgIpc) is 2.93. The van der Waals surface area contributed by atoms with Crippen LogP contribution in [0.4, 0.5) is 5.82 Å². The Balaban J connectivity index is 2.02. The first-order valence-electron chi connectivity index (χ1n) is 5.97. The van der Waals surface area contributed by atoms with Gasteiger partial charge in [-0.05, 0) is 12.8 Å². The van der Waals surface area contributed by atoms with E-state index in [4.69, 9.17) is 10.5 Å². The predicted octanol–water partition coefficient (Wildman–Crippen LogP) is 1.40. The Bertz CT molecular complexity index is 572. The molecule has 0 radical (unpaired) electrons. The van der Waals surface area contributed by atoms with Gasteiger partial charge >= 0.3 is 0 Å². The maximum Gasteiger partial charge on any atom is 0.167 e. The maximum atomic E-state index is 5.96. The lowest BCUT2D eigenvalue weighted by Gasteiger charge is -2.16. The first-order valence-corrected chi connectivity index (χ1v) is 6.49. The number of hydrogen-bond donors (Lipinski definition) is 2. The number of ether oxygens (including phenoxy) is 1. The summed E-state index contributed by atoms with van der Waals surface area (Å²) in [6.45, 7) is 2.11. The van der Waals surface area contributed by atoms with Crippen molar-refractivity contribution in [1.29, 1.82) is 0 Å². The van der Waals surface area contributed by atoms with E-state index in [1.54, 1.807) is 6.33 Å². The maximum absolute atomic E-state index is 5.96. The Hall–Kier alpha value is -1.34. The van der Waals surface area contributed by atoms with Crippen molar-refractivity contribution in [2.75, 3.05) is 5.73 Å². The molecule has 0 aromatic carbocycles. The van der Waals surface area contributed by atoms with Crippen LogP contribution in [0.5, 0.6) is 0 Å². The number of thiol groups is 1. The van der Waals surface area contributed by atoms with Gasteiger partial charge in [0.2, 0.25) is 0 Å². The summed E-state index contributed by atoms with van der Waals surface area (Å²) in [6.07, 6.45) is 5.16. The molecule has 0 aliphatic carbocycles. The summed E-state index contributed by atoms with van der Waals surface area (Å²) in [6, 6.07) is 0. The van der Waals surface area contributed by atoms with Crippen LogP contribution in [-0.2, 0) is 4.74 Å². The second-order valence-electron chi connectivity index (χ2n) is 4.44. The van der Waals surface area contributed by atoms with Crippen LogP contribution in [0.15, 0.2) is 12.7 Å². The molecule has 1 aliphatic rings. The number of nitrogen functional groups attached to an aromatic ring is 1. The monoisotopic (exact) mass is 265 g/mol. The van der Waals surface area contributed by atoms with Gasteiger partial charge in [-0.3, -0.25) is 4.57 Å². The molecule has 3 atom stereocenters. The van der Waals surface area contributed by atoms with Crippen molar-refractivity contribution in [3.63, 3.8) is 0 Å². The number of rotatable bonds is 2. The SMILES string of the molecule is CC[C@@H]1C[C@@H](S)[C@H](n2cnc3c(N)ncnc32)O1. The van der Waals surface area contributed by atoms with Gasteiger partial charge in [-0.25, -0.2) is 15.0 Å². The van der Waals surface area contributed by atoms with Crippen LogP contribution in [0.1, 0.15) is 26.0 Å². The molecular formula is C11H15N5OS. The minimum absolute atomic E-state index is 0.141. The fourth-order valence-electron chi connectivity index (χ4n) is 2.30. The van der Waals surface area contributed by atoms with E-state index in [-0.39, 0.29) is 17.6 Å². The highest BCUT2D eigenvalue weighted by molar-refractivity contribution is 7.81. The van der Waals surface area contributed by atoms with Crippen LogP contribution in [0.2, 0.25) is 0 Å². The fourth-order valence-corrected chi connectivity index (χ4v) is 2.75. The Morgan fingerprint density at radius 3 is 3.06 bits per heavy atom. The van der Waals surface area contributed by atoms with Gasteiger partial charge in [0.1, 0.15) is 18.1 Å². The molecule has 1 saturated heterocycles. The smallest absolute Gasteiger partial charge is 0.167 e. The van der Waals surface area contributed by atoms with Gasteiger partial charge in [-0.1, -0.05) is 6.92 Å². The van der Waals surface area contributed by atoms with E-state index in [9.17, 15) is 0 Å². The van der Waals surface area contributed by atoms with Crippen LogP contribution < -0.4 is 5.73 Å². The second-order valence-corrected chi connectivity index (χ2v) is 5.11. The first-order chi connectivity index (χ1) is 8.70. The van der Waals surface area contributed by atoms with E-state index in [0.717, 1.165) is 12.8 Å². The van der Waals surface area contributed by atoms with Crippen molar-refractivity contribution in [3.8, 4) is 0 Å². The van der Waals surface area contributed by atoms with E-state index in [1.165, 1.54) is 6.33 Å². The van der Waals surface area contributed by atoms with Gasteiger partial charge in [0.15, 0.2) is 11.5 Å². The zero-order valence-corrected chi connectivity index (χ0v) is 10.9. The molecule has 2 N–H and O–H groups in total. The van der Waals surface area contributed by atoms with Gasteiger partial charge < -0.3 is 10.5 Å². The molecule has 0 unspecified atom stereocenters. The fraction of sp³-hybridized carbons (Fsp3) is 0.545. The molecule has 0 saturated carbocycles. The molecule has 2 aromatic heterocycles. The molecule has 0 bridgehead atoms. The number of fused-ring (bicyclic) bond motifs is 1. The summed E-state index contributed by atoms with van der Waals surface area (Å²) in [5.74, 6) is 0.388. The summed E-state index contributed by atoms with van der Waals surface area (Å²) < 4.78 is 7.85. The quantitative estimate of drug-likeness (QED) is 0.803. The zero-order valence-electron chi connectivity index (χ0n) is 10.0. The van der Waals surface area contributed by atoms with Crippen LogP contribution in [0.3, 0.4) is 0 Å². The summed E-state index contributed by atoms with van der Waals surface area (Å²) >= 11 is 4.59. The molecule has 0 amide bonds. The van der Waals surface area contributed by atoms with Crippen LogP contribution in [0, 0.1) is 0 Å². The number of anilines is 1. The second kappa shape index (κ2) is 4.40. The largest absolute Gasteiger partial charge is 0.382 e. The van der Waals surface area contributed by atoms with Gasteiger partial charge in [0.25, 0.3) is 0 Å². The molecule has 6 nitrogen and oxygen atoms in total. The van der Waals surface area contributed by atoms with Gasteiger partial charge in [0.05, 0.1) is 12.4 Å². The van der Waals surface area contributed by atoms with Gasteiger partial charge in [0, 0.05) is 5.25 Å². The lowest BCUT2D eigenvalue weighted by Crippen LogP contribution is -2.15. The van der Waals surface area contributed by atoms with Crippen molar-refractivity contribution in [1.82, 2.24) is 19.5 Å². The third kappa shape index (κ3) is 1.74. The highest BCUT2D eigenvalue weighted by Gasteiger charge is 2.34. The van der Waals surface area contributed by atoms with Crippen LogP contribution in [0.25, 0.3) is 11.2 Å². The summed E-state index contributed by atoms with van der Waals surface area (Å²) in [7, 11) is 0. The molecule has 96 valence electrons. The van der Waals surface area contributed by atoms with Crippen molar-refractivity contribution in [2.45, 2.75) is 37.3 Å². The Morgan fingerprint density at radius 2 is 2.33 bits per heavy atom. The third-order valence-corrected chi connectivity index (χ3v) is 3.75. The Morgan fingerprint density at radius 1 is 1.50 bits per heavy atom. The zero-order chi connectivity index (χ0) is 12.7. The first kappa shape index (κ1) is 11.7. The normalized spacial score (nSPS) is 28.0. The Labute approximate surface area is 110 Å². The molecule has 1 aliphatic heterocycles. The van der Waals surface area contributed by atoms with E-state index >= 15 is 0 Å². The number of nitrogens with zero attached hydrogens (tertiary/aromatic N) is 4. The third-order valence-electron chi connectivity index (χ3n) is 3.28. The molecule has 0 spiro atoms. The van der Waals surface area contributed by atoms with E-state index < -0.39 is 0 Å². The lowest BCUT2D eigenvalue weighted by molar-refractivity contribution is 0.00453. The minimum atomic E-state index is -0.141. The predicted molar refractivity (Wildman–Crippen MR) is 71.3 cm³/mol. The van der Waals surface area contributed by atoms with E-state index in [2.05, 4.69) is 34.5 Å². The van der Waals surface area contributed by atoms with Crippen LogP contribution in [-0.4, -0.2) is 30.9 Å². The van der Waals surface area contributed by atoms with Crippen molar-refractivity contribution in [3.05, 3.63) is 12.7 Å². The summed E-state index contributed by atoms with van der Waals surface area (Å²) in [4.78, 5) is 12.4. The van der Waals surface area contributed by atoms with Gasteiger partial charge in [-0.2, -0.15) is 12.6 Å². The molecule has 3 heterocycles. The van der Waals surface area contributed by atoms with E-state index in [0.29, 0.717) is 17.0 Å². The topological polar surface area (TPSA) is 78.9 Å². The Kier molecular flexibility index (Phi) is 2.87. The molecule has 2 aromatic rings. The lowest BCUT2D eigenvalue weighted by atomic mass is 10.2. The van der Waals surface area contributed by atoms with Crippen molar-refractivity contribution >= 4 is 29.6 Å². The molecule has 3 rings (SSSR count). The average molecular weight is 265 g/mol. The molecular weight excluding hydrogens is 250 g/mol. The van der Waals surface area contributed by atoms with Crippen molar-refractivity contribution in [2.24, 2.45) is 0 Å². The summed E-state index contributed by atoms with van der Waals surface area (Å²) in [5, 5.41) is 0.142. The molecule has 7 heteroatoms. The molecule has 1 fully saturated rings. The highest BCUT2D eigenvalue weighted by Crippen LogP contribution is 2.35. The number of nitrogens with two attached hydrogens (primary N) is 1. The van der Waals surface area contributed by atoms with E-state index in [1.807, 2.05) is 4.57 Å². The number of aromatic nitrogens is 4. The van der Waals surface area contributed by atoms with Crippen molar-refractivity contribution < 1.29 is 4.74 Å². The minimum Gasteiger partial charge on any atom is -0.382 e. The standard InChI is InChI=1S/C11H15N5OS/c1-2-6-3-7(18)11(17-6)16-5-15-8-9(12)13-4-14-10(8)16/h4-7,11,18H,2-3H2,1H3,(H2,12,13,14)/t6-,7-,11-/m1/s1. The summed E-state index contributed by atoms with van der Waals surface area (Å²) in [5.41, 5.74) is 7.08.